The fraction of sp³-hybridized carbons (Fsp3) is 0.500. The Balaban J connectivity index is 1.49. The number of carbonyl (C=O) groups excluding carboxylic acids is 1. The number of anilines is 2. The molecule has 3 aliphatic rings. The fourth-order valence-corrected chi connectivity index (χ4v) is 6.15. The summed E-state index contributed by atoms with van der Waals surface area (Å²) in [4.78, 5) is 13.5. The van der Waals surface area contributed by atoms with Crippen LogP contribution in [0.5, 0.6) is 0 Å². The topological polar surface area (TPSA) is 120 Å². The molecule has 3 N–H and O–H groups in total. The van der Waals surface area contributed by atoms with Gasteiger partial charge in [-0.05, 0) is 30.9 Å². The number of fused-ring (bicyclic) bond motifs is 2. The smallest absolute Gasteiger partial charge is 0.254 e. The summed E-state index contributed by atoms with van der Waals surface area (Å²) in [5.41, 5.74) is 10.5. The van der Waals surface area contributed by atoms with E-state index >= 15 is 0 Å². The molecule has 0 radical (unpaired) electrons. The minimum absolute atomic E-state index is 0.107. The zero-order valence-electron chi connectivity index (χ0n) is 16.8. The number of hydrogen-bond acceptors (Lipinski definition) is 7. The molecule has 0 bridgehead atoms. The summed E-state index contributed by atoms with van der Waals surface area (Å²) in [6, 6.07) is 5.92. The third kappa shape index (κ3) is 2.93. The molecule has 1 saturated heterocycles. The average Bonchev–Trinajstić information content (AvgIpc) is 3.02. The summed E-state index contributed by atoms with van der Waals surface area (Å²) in [5, 5.41) is 7.21. The van der Waals surface area contributed by atoms with Crippen molar-refractivity contribution in [1.82, 2.24) is 14.1 Å². The molecule has 2 aromatic rings. The summed E-state index contributed by atoms with van der Waals surface area (Å²) in [5.74, 6) is -0.208. The Morgan fingerprint density at radius 3 is 2.87 bits per heavy atom. The monoisotopic (exact) mass is 431 g/mol. The first kappa shape index (κ1) is 19.5. The average molecular weight is 432 g/mol. The quantitative estimate of drug-likeness (QED) is 0.747. The van der Waals surface area contributed by atoms with E-state index in [0.717, 1.165) is 22.4 Å². The fourth-order valence-electron chi connectivity index (χ4n) is 4.54. The first-order valence-corrected chi connectivity index (χ1v) is 11.7. The lowest BCUT2D eigenvalue weighted by atomic mass is 9.88. The summed E-state index contributed by atoms with van der Waals surface area (Å²) in [6.45, 7) is 3.59. The Kier molecular flexibility index (Phi) is 4.60. The number of benzene rings is 1. The van der Waals surface area contributed by atoms with Gasteiger partial charge >= 0.3 is 0 Å². The Morgan fingerprint density at radius 1 is 1.33 bits per heavy atom. The number of hydrogen-bond donors (Lipinski definition) is 2. The second kappa shape index (κ2) is 7.07. The molecule has 160 valence electrons. The number of para-hydroxylation sites is 1. The van der Waals surface area contributed by atoms with E-state index in [9.17, 15) is 13.2 Å². The van der Waals surface area contributed by atoms with Crippen LogP contribution in [0, 0.1) is 6.92 Å². The van der Waals surface area contributed by atoms with Crippen LogP contribution in [0.4, 0.5) is 11.5 Å². The standard InChI is InChI=1S/C20H25N5O4S/c1-12-3-2-4-14-15(5-7-22-18(12)14)20(26)25-17-9-24(8-6-16(17)19(21)23-25)30(27,28)13-10-29-11-13/h2-4,13,15,22H,5-11H2,1H3,(H2,21,23). The van der Waals surface area contributed by atoms with Gasteiger partial charge < -0.3 is 15.8 Å². The van der Waals surface area contributed by atoms with Gasteiger partial charge in [-0.1, -0.05) is 18.2 Å². The van der Waals surface area contributed by atoms with E-state index in [1.807, 2.05) is 25.1 Å². The van der Waals surface area contributed by atoms with Gasteiger partial charge in [-0.25, -0.2) is 13.1 Å². The Hall–Kier alpha value is -2.43. The van der Waals surface area contributed by atoms with Gasteiger partial charge in [-0.3, -0.25) is 4.79 Å². The molecule has 0 amide bonds. The zero-order valence-corrected chi connectivity index (χ0v) is 17.6. The van der Waals surface area contributed by atoms with Crippen LogP contribution in [0.2, 0.25) is 0 Å². The van der Waals surface area contributed by atoms with Crippen molar-refractivity contribution in [2.45, 2.75) is 37.5 Å². The van der Waals surface area contributed by atoms with Gasteiger partial charge in [0.25, 0.3) is 5.91 Å². The molecule has 1 fully saturated rings. The van der Waals surface area contributed by atoms with Crippen LogP contribution >= 0.6 is 0 Å². The number of nitrogens with one attached hydrogen (secondary N) is 1. The minimum atomic E-state index is -3.48. The Bertz CT molecular complexity index is 1120. The number of carbonyl (C=O) groups is 1. The highest BCUT2D eigenvalue weighted by molar-refractivity contribution is 7.89. The zero-order chi connectivity index (χ0) is 21.0. The number of aromatic nitrogens is 2. The third-order valence-corrected chi connectivity index (χ3v) is 8.52. The second-order valence-electron chi connectivity index (χ2n) is 8.16. The van der Waals surface area contributed by atoms with Crippen molar-refractivity contribution in [3.8, 4) is 0 Å². The molecule has 1 unspecified atom stereocenters. The summed E-state index contributed by atoms with van der Waals surface area (Å²) in [6.07, 6.45) is 1.09. The van der Waals surface area contributed by atoms with Crippen LogP contribution in [0.1, 0.15) is 39.5 Å². The van der Waals surface area contributed by atoms with E-state index in [1.54, 1.807) is 0 Å². The molecule has 1 aromatic carbocycles. The second-order valence-corrected chi connectivity index (χ2v) is 10.4. The van der Waals surface area contributed by atoms with Gasteiger partial charge in [-0.15, -0.1) is 5.10 Å². The lowest BCUT2D eigenvalue weighted by molar-refractivity contribution is 0.0389. The predicted molar refractivity (Wildman–Crippen MR) is 112 cm³/mol. The normalized spacial score (nSPS) is 22.0. The number of ether oxygens (including phenoxy) is 1. The molecule has 0 aliphatic carbocycles. The number of rotatable bonds is 3. The molecule has 0 saturated carbocycles. The van der Waals surface area contributed by atoms with E-state index in [4.69, 9.17) is 10.5 Å². The molecule has 9 nitrogen and oxygen atoms in total. The van der Waals surface area contributed by atoms with Crippen LogP contribution in [-0.2, 0) is 27.7 Å². The van der Waals surface area contributed by atoms with Gasteiger partial charge in [0.05, 0.1) is 31.4 Å². The van der Waals surface area contributed by atoms with E-state index in [-0.39, 0.29) is 31.6 Å². The summed E-state index contributed by atoms with van der Waals surface area (Å²) in [7, 11) is -3.48. The number of sulfonamides is 1. The highest BCUT2D eigenvalue weighted by Crippen LogP contribution is 2.36. The Morgan fingerprint density at radius 2 is 2.13 bits per heavy atom. The van der Waals surface area contributed by atoms with E-state index in [1.165, 1.54) is 8.99 Å². The highest BCUT2D eigenvalue weighted by atomic mass is 32.2. The molecular formula is C20H25N5O4S. The molecular weight excluding hydrogens is 406 g/mol. The summed E-state index contributed by atoms with van der Waals surface area (Å²) >= 11 is 0. The van der Waals surface area contributed by atoms with Gasteiger partial charge in [0.15, 0.2) is 0 Å². The van der Waals surface area contributed by atoms with Crippen molar-refractivity contribution in [2.75, 3.05) is 37.4 Å². The number of nitrogens with two attached hydrogens (primary N) is 1. The largest absolute Gasteiger partial charge is 0.385 e. The van der Waals surface area contributed by atoms with Crippen LogP contribution in [0.3, 0.4) is 0 Å². The van der Waals surface area contributed by atoms with Crippen LogP contribution in [0.15, 0.2) is 18.2 Å². The van der Waals surface area contributed by atoms with Crippen molar-refractivity contribution in [1.29, 1.82) is 0 Å². The molecule has 4 heterocycles. The lowest BCUT2D eigenvalue weighted by Gasteiger charge is -2.34. The summed E-state index contributed by atoms with van der Waals surface area (Å²) < 4.78 is 33.6. The van der Waals surface area contributed by atoms with Crippen LogP contribution in [-0.4, -0.2) is 60.0 Å². The van der Waals surface area contributed by atoms with Crippen molar-refractivity contribution in [3.63, 3.8) is 0 Å². The van der Waals surface area contributed by atoms with E-state index in [2.05, 4.69) is 10.4 Å². The molecule has 1 atom stereocenters. The molecule has 3 aliphatic heterocycles. The molecule has 1 aromatic heterocycles. The Labute approximate surface area is 175 Å². The minimum Gasteiger partial charge on any atom is -0.385 e. The number of aryl methyl sites for hydroxylation is 1. The van der Waals surface area contributed by atoms with Crippen LogP contribution in [0.25, 0.3) is 0 Å². The molecule has 5 rings (SSSR count). The van der Waals surface area contributed by atoms with Crippen molar-refractivity contribution < 1.29 is 17.9 Å². The number of nitrogen functional groups attached to an aromatic ring is 1. The van der Waals surface area contributed by atoms with Gasteiger partial charge in [0.1, 0.15) is 11.1 Å². The van der Waals surface area contributed by atoms with Crippen LogP contribution < -0.4 is 11.1 Å². The van der Waals surface area contributed by atoms with Gasteiger partial charge in [0, 0.05) is 24.3 Å². The van der Waals surface area contributed by atoms with Crippen molar-refractivity contribution >= 4 is 27.4 Å². The maximum absolute atomic E-state index is 13.5. The predicted octanol–water partition coefficient (Wildman–Crippen LogP) is 1.10. The highest BCUT2D eigenvalue weighted by Gasteiger charge is 2.41. The maximum Gasteiger partial charge on any atom is 0.254 e. The SMILES string of the molecule is Cc1cccc2c1NCCC2C(=O)n1nc(N)c2c1CN(S(=O)(=O)C1COC1)CC2. The van der Waals surface area contributed by atoms with Crippen molar-refractivity contribution in [2.24, 2.45) is 0 Å². The van der Waals surface area contributed by atoms with E-state index in [0.29, 0.717) is 37.4 Å². The first-order chi connectivity index (χ1) is 14.4. The molecule has 10 heteroatoms. The first-order valence-electron chi connectivity index (χ1n) is 10.2. The lowest BCUT2D eigenvalue weighted by Crippen LogP contribution is -2.50. The molecule has 30 heavy (non-hydrogen) atoms. The number of nitrogens with zero attached hydrogens (tertiary/aromatic N) is 3. The van der Waals surface area contributed by atoms with Crippen molar-refractivity contribution in [3.05, 3.63) is 40.6 Å². The van der Waals surface area contributed by atoms with E-state index < -0.39 is 15.3 Å². The van der Waals surface area contributed by atoms with Gasteiger partial charge in [-0.2, -0.15) is 4.31 Å². The third-order valence-electron chi connectivity index (χ3n) is 6.37. The van der Waals surface area contributed by atoms with Gasteiger partial charge in [0.2, 0.25) is 10.0 Å². The molecule has 0 spiro atoms. The maximum atomic E-state index is 13.5.